The molecular formula is C23H25ClN2O3S. The van der Waals surface area contributed by atoms with Gasteiger partial charge in [-0.2, -0.15) is 5.10 Å². The SMILES string of the molecule is COC(=O)C(C)(C)OCc1cc(-c2cccc(SC)c2)n(Cc2ccccc2Cl)n1. The quantitative estimate of drug-likeness (QED) is 0.342. The topological polar surface area (TPSA) is 53.4 Å². The predicted molar refractivity (Wildman–Crippen MR) is 121 cm³/mol. The maximum Gasteiger partial charge on any atom is 0.337 e. The van der Waals surface area contributed by atoms with Gasteiger partial charge >= 0.3 is 5.97 Å². The molecule has 0 aliphatic heterocycles. The summed E-state index contributed by atoms with van der Waals surface area (Å²) in [6.45, 7) is 4.08. The number of carbonyl (C=O) groups is 1. The van der Waals surface area contributed by atoms with Crippen LogP contribution in [0, 0.1) is 0 Å². The van der Waals surface area contributed by atoms with Crippen LogP contribution in [0.2, 0.25) is 5.02 Å². The molecule has 0 spiro atoms. The number of hydrogen-bond acceptors (Lipinski definition) is 5. The number of benzene rings is 2. The van der Waals surface area contributed by atoms with E-state index in [1.54, 1.807) is 25.6 Å². The third-order valence-electron chi connectivity index (χ3n) is 4.73. The lowest BCUT2D eigenvalue weighted by Gasteiger charge is -2.21. The van der Waals surface area contributed by atoms with Crippen LogP contribution in [0.15, 0.2) is 59.5 Å². The van der Waals surface area contributed by atoms with Crippen molar-refractivity contribution in [1.29, 1.82) is 0 Å². The second kappa shape index (κ2) is 9.69. The summed E-state index contributed by atoms with van der Waals surface area (Å²) < 4.78 is 12.5. The standard InChI is InChI=1S/C23H25ClN2O3S/c1-23(2,22(27)28-3)29-15-18-13-21(16-9-7-10-19(12-16)30-4)26(25-18)14-17-8-5-6-11-20(17)24/h5-13H,14-15H2,1-4H3. The van der Waals surface area contributed by atoms with E-state index in [0.717, 1.165) is 22.5 Å². The van der Waals surface area contributed by atoms with E-state index in [2.05, 4.69) is 18.2 Å². The molecule has 158 valence electrons. The van der Waals surface area contributed by atoms with E-state index in [-0.39, 0.29) is 6.61 Å². The summed E-state index contributed by atoms with van der Waals surface area (Å²) >= 11 is 8.07. The number of ether oxygens (including phenoxy) is 2. The molecule has 2 aromatic carbocycles. The zero-order chi connectivity index (χ0) is 21.7. The number of halogens is 1. The normalized spacial score (nSPS) is 11.5. The number of methoxy groups -OCH3 is 1. The third kappa shape index (κ3) is 5.25. The second-order valence-electron chi connectivity index (χ2n) is 7.29. The van der Waals surface area contributed by atoms with Crippen molar-refractivity contribution in [3.8, 4) is 11.3 Å². The number of esters is 1. The summed E-state index contributed by atoms with van der Waals surface area (Å²) in [5.41, 5.74) is 2.66. The molecule has 0 saturated heterocycles. The summed E-state index contributed by atoms with van der Waals surface area (Å²) in [5.74, 6) is -0.425. The molecule has 0 aliphatic carbocycles. The highest BCUT2D eigenvalue weighted by Gasteiger charge is 2.30. The molecule has 0 saturated carbocycles. The van der Waals surface area contributed by atoms with Gasteiger partial charge in [0, 0.05) is 15.5 Å². The predicted octanol–water partition coefficient (Wildman–Crippen LogP) is 5.44. The zero-order valence-electron chi connectivity index (χ0n) is 17.5. The molecule has 1 aromatic heterocycles. The van der Waals surface area contributed by atoms with Crippen molar-refractivity contribution < 1.29 is 14.3 Å². The summed E-state index contributed by atoms with van der Waals surface area (Å²) in [7, 11) is 1.35. The van der Waals surface area contributed by atoms with Gasteiger partial charge in [0.25, 0.3) is 0 Å². The van der Waals surface area contributed by atoms with E-state index in [4.69, 9.17) is 26.2 Å². The Morgan fingerprint density at radius 2 is 1.93 bits per heavy atom. The van der Waals surface area contributed by atoms with Gasteiger partial charge in [0.2, 0.25) is 0 Å². The fourth-order valence-corrected chi connectivity index (χ4v) is 3.68. The molecule has 0 unspecified atom stereocenters. The maximum atomic E-state index is 11.9. The van der Waals surface area contributed by atoms with Crippen LogP contribution in [0.4, 0.5) is 0 Å². The van der Waals surface area contributed by atoms with Gasteiger partial charge in [0.05, 0.1) is 31.6 Å². The van der Waals surface area contributed by atoms with E-state index in [1.807, 2.05) is 47.3 Å². The molecule has 3 aromatic rings. The van der Waals surface area contributed by atoms with Crippen molar-refractivity contribution in [3.05, 3.63) is 70.9 Å². The van der Waals surface area contributed by atoms with Gasteiger partial charge in [-0.25, -0.2) is 4.79 Å². The van der Waals surface area contributed by atoms with Crippen molar-refractivity contribution in [2.75, 3.05) is 13.4 Å². The number of rotatable bonds is 8. The minimum Gasteiger partial charge on any atom is -0.467 e. The molecule has 0 radical (unpaired) electrons. The summed E-state index contributed by atoms with van der Waals surface area (Å²) in [6.07, 6.45) is 2.05. The lowest BCUT2D eigenvalue weighted by atomic mass is 10.1. The van der Waals surface area contributed by atoms with Crippen LogP contribution < -0.4 is 0 Å². The highest BCUT2D eigenvalue weighted by Crippen LogP contribution is 2.28. The van der Waals surface area contributed by atoms with E-state index >= 15 is 0 Å². The highest BCUT2D eigenvalue weighted by atomic mass is 35.5. The van der Waals surface area contributed by atoms with Crippen LogP contribution in [0.1, 0.15) is 25.1 Å². The van der Waals surface area contributed by atoms with Gasteiger partial charge in [0.15, 0.2) is 5.60 Å². The molecule has 0 atom stereocenters. The van der Waals surface area contributed by atoms with Crippen LogP contribution in [-0.2, 0) is 27.4 Å². The highest BCUT2D eigenvalue weighted by molar-refractivity contribution is 7.98. The first-order chi connectivity index (χ1) is 14.3. The molecule has 5 nitrogen and oxygen atoms in total. The van der Waals surface area contributed by atoms with E-state index < -0.39 is 11.6 Å². The molecule has 1 heterocycles. The first kappa shape index (κ1) is 22.4. The van der Waals surface area contributed by atoms with Crippen LogP contribution in [-0.4, -0.2) is 34.7 Å². The molecule has 0 N–H and O–H groups in total. The van der Waals surface area contributed by atoms with Crippen LogP contribution in [0.5, 0.6) is 0 Å². The van der Waals surface area contributed by atoms with Gasteiger partial charge in [-0.1, -0.05) is 41.9 Å². The summed E-state index contributed by atoms with van der Waals surface area (Å²) in [6, 6.07) is 18.0. The lowest BCUT2D eigenvalue weighted by Crippen LogP contribution is -2.35. The average Bonchev–Trinajstić information content (AvgIpc) is 3.16. The zero-order valence-corrected chi connectivity index (χ0v) is 19.1. The maximum absolute atomic E-state index is 11.9. The Morgan fingerprint density at radius 3 is 2.63 bits per heavy atom. The number of hydrogen-bond donors (Lipinski definition) is 0. The first-order valence-electron chi connectivity index (χ1n) is 9.51. The Balaban J connectivity index is 1.94. The number of nitrogens with zero attached hydrogens (tertiary/aromatic N) is 2. The number of thioether (sulfide) groups is 1. The van der Waals surface area contributed by atoms with Crippen molar-refractivity contribution in [3.63, 3.8) is 0 Å². The Morgan fingerprint density at radius 1 is 1.17 bits per heavy atom. The third-order valence-corrected chi connectivity index (χ3v) is 5.83. The number of carbonyl (C=O) groups excluding carboxylic acids is 1. The molecule has 7 heteroatoms. The van der Waals surface area contributed by atoms with Crippen LogP contribution in [0.3, 0.4) is 0 Å². The number of aromatic nitrogens is 2. The minimum absolute atomic E-state index is 0.187. The van der Waals surface area contributed by atoms with Gasteiger partial charge in [-0.15, -0.1) is 11.8 Å². The molecule has 0 fully saturated rings. The molecule has 30 heavy (non-hydrogen) atoms. The molecule has 0 aliphatic rings. The Hall–Kier alpha value is -2.28. The largest absolute Gasteiger partial charge is 0.467 e. The average molecular weight is 445 g/mol. The van der Waals surface area contributed by atoms with Gasteiger partial charge < -0.3 is 9.47 Å². The van der Waals surface area contributed by atoms with Gasteiger partial charge in [0.1, 0.15) is 0 Å². The van der Waals surface area contributed by atoms with Crippen molar-refractivity contribution in [2.45, 2.75) is 37.5 Å². The van der Waals surface area contributed by atoms with E-state index in [1.165, 1.54) is 12.0 Å². The monoisotopic (exact) mass is 444 g/mol. The fraction of sp³-hybridized carbons (Fsp3) is 0.304. The molecule has 3 rings (SSSR count). The van der Waals surface area contributed by atoms with Crippen LogP contribution >= 0.6 is 23.4 Å². The Labute approximate surface area is 186 Å². The first-order valence-corrected chi connectivity index (χ1v) is 11.1. The van der Waals surface area contributed by atoms with E-state index in [9.17, 15) is 4.79 Å². The van der Waals surface area contributed by atoms with Crippen molar-refractivity contribution >= 4 is 29.3 Å². The van der Waals surface area contributed by atoms with Gasteiger partial charge in [-0.3, -0.25) is 4.68 Å². The molecule has 0 bridgehead atoms. The van der Waals surface area contributed by atoms with Gasteiger partial charge in [-0.05, 0) is 49.9 Å². The van der Waals surface area contributed by atoms with Crippen molar-refractivity contribution in [2.24, 2.45) is 0 Å². The minimum atomic E-state index is -1.06. The van der Waals surface area contributed by atoms with E-state index in [0.29, 0.717) is 11.6 Å². The fourth-order valence-electron chi connectivity index (χ4n) is 3.02. The smallest absolute Gasteiger partial charge is 0.337 e. The van der Waals surface area contributed by atoms with Crippen molar-refractivity contribution in [1.82, 2.24) is 9.78 Å². The lowest BCUT2D eigenvalue weighted by molar-refractivity contribution is -0.166. The second-order valence-corrected chi connectivity index (χ2v) is 8.58. The molecule has 0 amide bonds. The van der Waals surface area contributed by atoms with Crippen LogP contribution in [0.25, 0.3) is 11.3 Å². The molecular weight excluding hydrogens is 420 g/mol. The Bertz CT molecular complexity index is 1030. The summed E-state index contributed by atoms with van der Waals surface area (Å²) in [5, 5.41) is 5.44. The Kier molecular flexibility index (Phi) is 7.23. The summed E-state index contributed by atoms with van der Waals surface area (Å²) in [4.78, 5) is 13.1.